The van der Waals surface area contributed by atoms with Gasteiger partial charge in [0.1, 0.15) is 0 Å². The second-order valence-corrected chi connectivity index (χ2v) is 8.21. The molecule has 0 saturated carbocycles. The van der Waals surface area contributed by atoms with Crippen LogP contribution in [-0.4, -0.2) is 43.9 Å². The van der Waals surface area contributed by atoms with Crippen molar-refractivity contribution in [2.24, 2.45) is 5.92 Å². The third kappa shape index (κ3) is 3.82. The van der Waals surface area contributed by atoms with Crippen LogP contribution in [0.3, 0.4) is 0 Å². The molecule has 1 fully saturated rings. The van der Waals surface area contributed by atoms with Crippen LogP contribution in [0.25, 0.3) is 21.8 Å². The first-order valence-electron chi connectivity index (χ1n) is 10.5. The van der Waals surface area contributed by atoms with Crippen molar-refractivity contribution < 1.29 is 9.84 Å². The van der Waals surface area contributed by atoms with Crippen LogP contribution in [0.5, 0.6) is 0 Å². The van der Waals surface area contributed by atoms with Crippen molar-refractivity contribution in [2.75, 3.05) is 13.2 Å². The van der Waals surface area contributed by atoms with Gasteiger partial charge in [0.05, 0.1) is 35.5 Å². The summed E-state index contributed by atoms with van der Waals surface area (Å²) in [6.45, 7) is 3.35. The van der Waals surface area contributed by atoms with Crippen LogP contribution in [0.2, 0.25) is 0 Å². The molecular formula is C24H24N4O3. The Hall–Kier alpha value is -3.16. The van der Waals surface area contributed by atoms with Gasteiger partial charge >= 0.3 is 0 Å². The van der Waals surface area contributed by atoms with Crippen molar-refractivity contribution >= 4 is 21.8 Å². The van der Waals surface area contributed by atoms with Crippen LogP contribution in [0.15, 0.2) is 53.8 Å². The summed E-state index contributed by atoms with van der Waals surface area (Å²) in [7, 11) is 0. The molecule has 0 amide bonds. The Morgan fingerprint density at radius 1 is 1.13 bits per heavy atom. The van der Waals surface area contributed by atoms with Gasteiger partial charge in [-0.05, 0) is 61.2 Å². The van der Waals surface area contributed by atoms with Crippen LogP contribution >= 0.6 is 0 Å². The Morgan fingerprint density at radius 2 is 2.03 bits per heavy atom. The Morgan fingerprint density at radius 3 is 2.87 bits per heavy atom. The van der Waals surface area contributed by atoms with E-state index in [1.807, 2.05) is 37.3 Å². The van der Waals surface area contributed by atoms with Gasteiger partial charge in [0.2, 0.25) is 0 Å². The molecule has 2 atom stereocenters. The monoisotopic (exact) mass is 416 g/mol. The van der Waals surface area contributed by atoms with Gasteiger partial charge in [-0.1, -0.05) is 0 Å². The maximum Gasteiger partial charge on any atom is 0.261 e. The number of nitrogens with zero attached hydrogens (tertiary/aromatic N) is 4. The number of aryl methyl sites for hydroxylation is 1. The zero-order valence-electron chi connectivity index (χ0n) is 17.4. The van der Waals surface area contributed by atoms with Crippen molar-refractivity contribution in [2.45, 2.75) is 32.4 Å². The van der Waals surface area contributed by atoms with E-state index in [9.17, 15) is 9.90 Å². The second-order valence-electron chi connectivity index (χ2n) is 8.21. The number of hydrogen-bond donors (Lipinski definition) is 1. The maximum atomic E-state index is 13.4. The minimum atomic E-state index is -0.470. The molecule has 3 aromatic heterocycles. The maximum absolute atomic E-state index is 13.4. The number of ether oxygens (including phenoxy) is 1. The molecule has 1 aromatic carbocycles. The second kappa shape index (κ2) is 8.17. The molecule has 0 spiro atoms. The van der Waals surface area contributed by atoms with Crippen molar-refractivity contribution in [3.05, 3.63) is 76.2 Å². The van der Waals surface area contributed by atoms with Crippen molar-refractivity contribution in [3.63, 3.8) is 0 Å². The smallest absolute Gasteiger partial charge is 0.261 e. The lowest BCUT2D eigenvalue weighted by Crippen LogP contribution is -2.37. The molecule has 5 rings (SSSR count). The summed E-state index contributed by atoms with van der Waals surface area (Å²) in [6.07, 6.45) is 5.91. The molecule has 7 nitrogen and oxygen atoms in total. The number of fused-ring (bicyclic) bond motifs is 3. The zero-order chi connectivity index (χ0) is 21.4. The average Bonchev–Trinajstić information content (AvgIpc) is 2.77. The van der Waals surface area contributed by atoms with E-state index in [1.54, 1.807) is 23.3 Å². The lowest BCUT2D eigenvalue weighted by Gasteiger charge is -2.28. The molecule has 4 aromatic rings. The van der Waals surface area contributed by atoms with Gasteiger partial charge in [-0.15, -0.1) is 0 Å². The number of aliphatic hydroxyl groups excluding tert-OH is 1. The van der Waals surface area contributed by atoms with Gasteiger partial charge in [0.25, 0.3) is 5.56 Å². The van der Waals surface area contributed by atoms with Crippen LogP contribution in [-0.2, 0) is 17.7 Å². The quantitative estimate of drug-likeness (QED) is 0.515. The summed E-state index contributed by atoms with van der Waals surface area (Å²) < 4.78 is 7.09. The van der Waals surface area contributed by atoms with E-state index >= 15 is 0 Å². The third-order valence-electron chi connectivity index (χ3n) is 5.98. The van der Waals surface area contributed by atoms with E-state index in [0.717, 1.165) is 27.7 Å². The van der Waals surface area contributed by atoms with Crippen molar-refractivity contribution in [1.82, 2.24) is 19.5 Å². The number of pyridine rings is 2. The molecule has 1 saturated heterocycles. The highest BCUT2D eigenvalue weighted by Gasteiger charge is 2.25. The highest BCUT2D eigenvalue weighted by molar-refractivity contribution is 6.04. The predicted octanol–water partition coefficient (Wildman–Crippen LogP) is 2.64. The number of aromatic nitrogens is 4. The molecule has 0 unspecified atom stereocenters. The standard InChI is InChI=1S/C24H24N4O3/c1-15-9-16(4-7-25-15)10-17-11-20-23(19-3-2-6-26-22(17)19)27-14-28(24(20)30)12-18-13-31-8-5-21(18)29/h2-4,6-7,9,11,14,18,21,29H,5,8,10,12-13H2,1H3/t18-,21-/m0/s1. The highest BCUT2D eigenvalue weighted by Crippen LogP contribution is 2.26. The molecule has 0 radical (unpaired) electrons. The van der Waals surface area contributed by atoms with E-state index < -0.39 is 6.10 Å². The van der Waals surface area contributed by atoms with Crippen LogP contribution < -0.4 is 5.56 Å². The van der Waals surface area contributed by atoms with Gasteiger partial charge in [-0.2, -0.15) is 0 Å². The SMILES string of the molecule is Cc1cc(Cc2cc3c(=O)n(C[C@H]4COCC[C@@H]4O)cnc3c3cccnc23)ccn1. The van der Waals surface area contributed by atoms with E-state index in [-0.39, 0.29) is 11.5 Å². The number of rotatable bonds is 4. The number of hydrogen-bond acceptors (Lipinski definition) is 6. The largest absolute Gasteiger partial charge is 0.393 e. The topological polar surface area (TPSA) is 90.1 Å². The molecule has 4 heterocycles. The van der Waals surface area contributed by atoms with E-state index in [4.69, 9.17) is 4.74 Å². The number of benzene rings is 1. The first kappa shape index (κ1) is 19.8. The van der Waals surface area contributed by atoms with Gasteiger partial charge in [-0.3, -0.25) is 19.3 Å². The Labute approximate surface area is 179 Å². The summed E-state index contributed by atoms with van der Waals surface area (Å²) >= 11 is 0. The molecule has 31 heavy (non-hydrogen) atoms. The van der Waals surface area contributed by atoms with Gasteiger partial charge in [-0.25, -0.2) is 4.98 Å². The lowest BCUT2D eigenvalue weighted by atomic mass is 9.98. The summed E-state index contributed by atoms with van der Waals surface area (Å²) in [5.41, 5.74) is 4.44. The average molecular weight is 416 g/mol. The van der Waals surface area contributed by atoms with Crippen molar-refractivity contribution in [1.29, 1.82) is 0 Å². The highest BCUT2D eigenvalue weighted by atomic mass is 16.5. The van der Waals surface area contributed by atoms with Crippen LogP contribution in [0.4, 0.5) is 0 Å². The molecular weight excluding hydrogens is 392 g/mol. The predicted molar refractivity (Wildman–Crippen MR) is 118 cm³/mol. The molecule has 7 heteroatoms. The first-order chi connectivity index (χ1) is 15.1. The van der Waals surface area contributed by atoms with Crippen LogP contribution in [0.1, 0.15) is 23.2 Å². The summed E-state index contributed by atoms with van der Waals surface area (Å²) in [6, 6.07) is 9.77. The minimum absolute atomic E-state index is 0.110. The normalized spacial score (nSPS) is 19.2. The van der Waals surface area contributed by atoms with Gasteiger partial charge in [0, 0.05) is 42.5 Å². The van der Waals surface area contributed by atoms with Gasteiger partial charge < -0.3 is 9.84 Å². The number of aliphatic hydroxyl groups is 1. The Balaban J connectivity index is 1.62. The molecule has 0 bridgehead atoms. The first-order valence-corrected chi connectivity index (χ1v) is 10.5. The fourth-order valence-corrected chi connectivity index (χ4v) is 4.36. The van der Waals surface area contributed by atoms with E-state index in [1.165, 1.54) is 0 Å². The zero-order valence-corrected chi connectivity index (χ0v) is 17.4. The van der Waals surface area contributed by atoms with E-state index in [2.05, 4.69) is 15.0 Å². The lowest BCUT2D eigenvalue weighted by molar-refractivity contribution is -0.0415. The molecule has 158 valence electrons. The summed E-state index contributed by atoms with van der Waals surface area (Å²) in [5, 5.41) is 11.7. The molecule has 0 aliphatic carbocycles. The Kier molecular flexibility index (Phi) is 5.21. The molecule has 1 N–H and O–H groups in total. The molecule has 1 aliphatic heterocycles. The summed E-state index contributed by atoms with van der Waals surface area (Å²) in [4.78, 5) is 26.9. The third-order valence-corrected chi connectivity index (χ3v) is 5.98. The fourth-order valence-electron chi connectivity index (χ4n) is 4.36. The van der Waals surface area contributed by atoms with Crippen molar-refractivity contribution in [3.8, 4) is 0 Å². The van der Waals surface area contributed by atoms with Gasteiger partial charge in [0.15, 0.2) is 0 Å². The fraction of sp³-hybridized carbons (Fsp3) is 0.333. The summed E-state index contributed by atoms with van der Waals surface area (Å²) in [5.74, 6) is -0.118. The Bertz CT molecular complexity index is 1320. The van der Waals surface area contributed by atoms with E-state index in [0.29, 0.717) is 43.5 Å². The minimum Gasteiger partial charge on any atom is -0.393 e. The van der Waals surface area contributed by atoms with Crippen LogP contribution in [0, 0.1) is 12.8 Å². The molecule has 1 aliphatic rings.